The number of hydrogen-bond donors (Lipinski definition) is 2. The van der Waals surface area contributed by atoms with E-state index in [0.717, 1.165) is 12.8 Å². The van der Waals surface area contributed by atoms with Crippen molar-refractivity contribution in [2.45, 2.75) is 56.7 Å². The average Bonchev–Trinajstić information content (AvgIpc) is 2.43. The number of aliphatic hydroxyl groups is 1. The summed E-state index contributed by atoms with van der Waals surface area (Å²) in [6, 6.07) is 0.156. The molecule has 0 aromatic carbocycles. The third kappa shape index (κ3) is 3.18. The minimum atomic E-state index is -3.02. The molecule has 0 unspecified atom stereocenters. The molecule has 1 aliphatic carbocycles. The summed E-state index contributed by atoms with van der Waals surface area (Å²) in [4.78, 5) is 0. The molecule has 2 rings (SSSR count). The highest BCUT2D eigenvalue weighted by atomic mass is 32.2. The summed E-state index contributed by atoms with van der Waals surface area (Å²) in [5, 5.41) is 13.0. The monoisotopic (exact) mass is 247 g/mol. The maximum atomic E-state index is 11.4. The van der Waals surface area contributed by atoms with E-state index in [1.54, 1.807) is 0 Å². The smallest absolute Gasteiger partial charge is 0.154 e. The van der Waals surface area contributed by atoms with Crippen LogP contribution >= 0.6 is 0 Å². The summed E-state index contributed by atoms with van der Waals surface area (Å²) in [6.45, 7) is 0. The van der Waals surface area contributed by atoms with Crippen LogP contribution in [0.5, 0.6) is 0 Å². The van der Waals surface area contributed by atoms with E-state index in [9.17, 15) is 13.5 Å². The summed E-state index contributed by atoms with van der Waals surface area (Å²) < 4.78 is 22.7. The quantitative estimate of drug-likeness (QED) is 0.696. The van der Waals surface area contributed by atoms with Crippen LogP contribution in [0, 0.1) is 0 Å². The van der Waals surface area contributed by atoms with Crippen molar-refractivity contribution in [1.82, 2.24) is 5.32 Å². The van der Waals surface area contributed by atoms with Crippen LogP contribution in [0.1, 0.15) is 38.5 Å². The second-order valence-electron chi connectivity index (χ2n) is 5.11. The first-order valence-electron chi connectivity index (χ1n) is 6.21. The molecule has 0 bridgehead atoms. The Morgan fingerprint density at radius 3 is 2.12 bits per heavy atom. The van der Waals surface area contributed by atoms with E-state index < -0.39 is 15.9 Å². The van der Waals surface area contributed by atoms with Crippen molar-refractivity contribution in [3.05, 3.63) is 0 Å². The van der Waals surface area contributed by atoms with E-state index >= 15 is 0 Å². The Balaban J connectivity index is 1.89. The van der Waals surface area contributed by atoms with Crippen LogP contribution in [-0.4, -0.2) is 43.2 Å². The molecule has 16 heavy (non-hydrogen) atoms. The van der Waals surface area contributed by atoms with E-state index in [4.69, 9.17) is 0 Å². The highest BCUT2D eigenvalue weighted by molar-refractivity contribution is 7.91. The van der Waals surface area contributed by atoms with E-state index in [1.807, 2.05) is 0 Å². The fraction of sp³-hybridized carbons (Fsp3) is 1.00. The second kappa shape index (κ2) is 5.02. The van der Waals surface area contributed by atoms with Crippen molar-refractivity contribution >= 4 is 9.84 Å². The van der Waals surface area contributed by atoms with Crippen LogP contribution in [-0.2, 0) is 9.84 Å². The van der Waals surface area contributed by atoms with Gasteiger partial charge in [-0.3, -0.25) is 0 Å². The molecule has 2 N–H and O–H groups in total. The van der Waals surface area contributed by atoms with Crippen molar-refractivity contribution in [2.75, 3.05) is 11.5 Å². The van der Waals surface area contributed by atoms with Gasteiger partial charge >= 0.3 is 0 Å². The molecular formula is C11H21NO3S. The lowest BCUT2D eigenvalue weighted by atomic mass is 10.1. The summed E-state index contributed by atoms with van der Waals surface area (Å²) in [6.07, 6.45) is 6.51. The minimum absolute atomic E-state index is 0.0720. The Labute approximate surface area is 97.3 Å². The van der Waals surface area contributed by atoms with Crippen LogP contribution in [0.25, 0.3) is 0 Å². The summed E-state index contributed by atoms with van der Waals surface area (Å²) >= 11 is 0. The van der Waals surface area contributed by atoms with Crippen molar-refractivity contribution in [3.8, 4) is 0 Å². The van der Waals surface area contributed by atoms with Gasteiger partial charge in [-0.15, -0.1) is 0 Å². The zero-order valence-corrected chi connectivity index (χ0v) is 10.4. The number of rotatable bonds is 2. The molecule has 0 spiro atoms. The second-order valence-corrected chi connectivity index (χ2v) is 7.26. The summed E-state index contributed by atoms with van der Waals surface area (Å²) in [5.41, 5.74) is 0. The van der Waals surface area contributed by atoms with Gasteiger partial charge in [-0.05, 0) is 12.8 Å². The van der Waals surface area contributed by atoms with Crippen molar-refractivity contribution in [1.29, 1.82) is 0 Å². The maximum absolute atomic E-state index is 11.4. The molecule has 1 aliphatic heterocycles. The van der Waals surface area contributed by atoms with Crippen LogP contribution in [0.4, 0.5) is 0 Å². The molecule has 4 nitrogen and oxygen atoms in total. The van der Waals surface area contributed by atoms with Crippen molar-refractivity contribution in [3.63, 3.8) is 0 Å². The number of sulfone groups is 1. The highest BCUT2D eigenvalue weighted by Gasteiger charge is 2.37. The lowest BCUT2D eigenvalue weighted by Crippen LogP contribution is -2.44. The first kappa shape index (κ1) is 12.3. The van der Waals surface area contributed by atoms with E-state index in [2.05, 4.69) is 5.32 Å². The first-order valence-corrected chi connectivity index (χ1v) is 8.03. The van der Waals surface area contributed by atoms with Crippen LogP contribution in [0.3, 0.4) is 0 Å². The van der Waals surface area contributed by atoms with E-state index in [1.165, 1.54) is 25.7 Å². The normalized spacial score (nSPS) is 36.1. The molecule has 0 radical (unpaired) electrons. The Kier molecular flexibility index (Phi) is 3.87. The molecule has 1 heterocycles. The van der Waals surface area contributed by atoms with Gasteiger partial charge < -0.3 is 10.4 Å². The lowest BCUT2D eigenvalue weighted by molar-refractivity contribution is 0.157. The number of aliphatic hydroxyl groups excluding tert-OH is 1. The molecular weight excluding hydrogens is 226 g/mol. The fourth-order valence-corrected chi connectivity index (χ4v) is 4.49. The van der Waals surface area contributed by atoms with E-state index in [0.29, 0.717) is 6.04 Å². The first-order chi connectivity index (χ1) is 7.57. The Bertz CT molecular complexity index is 320. The number of nitrogens with one attached hydrogen (secondary N) is 1. The van der Waals surface area contributed by atoms with Gasteiger partial charge in [0.25, 0.3) is 0 Å². The molecule has 2 aliphatic rings. The molecule has 94 valence electrons. The van der Waals surface area contributed by atoms with Gasteiger partial charge in [-0.25, -0.2) is 8.42 Å². The zero-order chi connectivity index (χ0) is 11.6. The molecule has 2 atom stereocenters. The van der Waals surface area contributed by atoms with Crippen molar-refractivity contribution in [2.24, 2.45) is 0 Å². The molecule has 0 amide bonds. The topological polar surface area (TPSA) is 66.4 Å². The minimum Gasteiger partial charge on any atom is -0.390 e. The third-order valence-corrected chi connectivity index (χ3v) is 5.34. The SMILES string of the molecule is O=S1(=O)C[C@@H](O)[C@H](NC2CCCCCC2)C1. The largest absolute Gasteiger partial charge is 0.390 e. The molecule has 0 aromatic rings. The zero-order valence-electron chi connectivity index (χ0n) is 9.56. The van der Waals surface area contributed by atoms with Gasteiger partial charge in [-0.1, -0.05) is 25.7 Å². The summed E-state index contributed by atoms with van der Waals surface area (Å²) in [5.74, 6) is 0.0298. The third-order valence-electron chi connectivity index (χ3n) is 3.63. The Hall–Kier alpha value is -0.130. The molecule has 0 aromatic heterocycles. The van der Waals surface area contributed by atoms with E-state index in [-0.39, 0.29) is 17.5 Å². The molecule has 1 saturated carbocycles. The van der Waals surface area contributed by atoms with Crippen LogP contribution < -0.4 is 5.32 Å². The van der Waals surface area contributed by atoms with Crippen LogP contribution in [0.15, 0.2) is 0 Å². The predicted molar refractivity (Wildman–Crippen MR) is 63.1 cm³/mol. The molecule has 1 saturated heterocycles. The van der Waals surface area contributed by atoms with Crippen molar-refractivity contribution < 1.29 is 13.5 Å². The van der Waals surface area contributed by atoms with Gasteiger partial charge in [-0.2, -0.15) is 0 Å². The molecule has 5 heteroatoms. The van der Waals surface area contributed by atoms with Gasteiger partial charge in [0.15, 0.2) is 9.84 Å². The predicted octanol–water partition coefficient (Wildman–Crippen LogP) is 0.457. The molecule has 2 fully saturated rings. The lowest BCUT2D eigenvalue weighted by Gasteiger charge is -2.22. The average molecular weight is 247 g/mol. The Morgan fingerprint density at radius 1 is 1.00 bits per heavy atom. The van der Waals surface area contributed by atoms with Gasteiger partial charge in [0.05, 0.1) is 17.6 Å². The number of hydrogen-bond acceptors (Lipinski definition) is 4. The van der Waals surface area contributed by atoms with Crippen LogP contribution in [0.2, 0.25) is 0 Å². The fourth-order valence-electron chi connectivity index (χ4n) is 2.74. The maximum Gasteiger partial charge on any atom is 0.154 e. The van der Waals surface area contributed by atoms with Gasteiger partial charge in [0, 0.05) is 12.1 Å². The standard InChI is InChI=1S/C11H21NO3S/c13-11-8-16(14,15)7-10(11)12-9-5-3-1-2-4-6-9/h9-13H,1-8H2/t10-,11-/m1/s1. The highest BCUT2D eigenvalue weighted by Crippen LogP contribution is 2.20. The Morgan fingerprint density at radius 2 is 1.62 bits per heavy atom. The van der Waals surface area contributed by atoms with Gasteiger partial charge in [0.2, 0.25) is 0 Å². The van der Waals surface area contributed by atoms with Gasteiger partial charge in [0.1, 0.15) is 0 Å². The summed E-state index contributed by atoms with van der Waals surface area (Å²) in [7, 11) is -3.02.